The molecule has 3 N–H and O–H groups in total. The van der Waals surface area contributed by atoms with Crippen LogP contribution in [0.25, 0.3) is 10.2 Å². The fraction of sp³-hybridized carbons (Fsp3) is 0.167. The summed E-state index contributed by atoms with van der Waals surface area (Å²) in [6.07, 6.45) is 0. The molecule has 1 aliphatic rings. The number of carbonyl (C=O) groups excluding carboxylic acids is 3. The zero-order valence-electron chi connectivity index (χ0n) is 18.3. The number of imide groups is 1. The molecule has 34 heavy (non-hydrogen) atoms. The average molecular weight is 494 g/mol. The molecule has 0 bridgehead atoms. The van der Waals surface area contributed by atoms with Gasteiger partial charge in [0.25, 0.3) is 11.8 Å². The molecule has 4 aromatic rings. The molecule has 3 heterocycles. The number of benzene rings is 2. The van der Waals surface area contributed by atoms with Gasteiger partial charge in [-0.25, -0.2) is 4.79 Å². The average Bonchev–Trinajstić information content (AvgIpc) is 3.44. The van der Waals surface area contributed by atoms with Gasteiger partial charge < -0.3 is 10.6 Å². The molecule has 0 saturated carbocycles. The summed E-state index contributed by atoms with van der Waals surface area (Å²) >= 11 is 7.68. The van der Waals surface area contributed by atoms with Crippen LogP contribution in [0.2, 0.25) is 5.02 Å². The lowest BCUT2D eigenvalue weighted by Crippen LogP contribution is -2.40. The molecule has 0 radical (unpaired) electrons. The van der Waals surface area contributed by atoms with Crippen molar-refractivity contribution < 1.29 is 14.4 Å². The Hall–Kier alpha value is -3.69. The monoisotopic (exact) mass is 493 g/mol. The van der Waals surface area contributed by atoms with Gasteiger partial charge in [0.2, 0.25) is 0 Å². The first-order chi connectivity index (χ1) is 16.2. The number of anilines is 1. The SMILES string of the molecule is Cc1nn(Cc2ccccc2Cl)c2sc(C(=O)Nc3ccc(C4(C)NC(=O)NC4=O)cc3)cc12. The summed E-state index contributed by atoms with van der Waals surface area (Å²) in [5.74, 6) is -0.656. The van der Waals surface area contributed by atoms with E-state index < -0.39 is 17.5 Å². The fourth-order valence-electron chi connectivity index (χ4n) is 3.95. The van der Waals surface area contributed by atoms with Crippen LogP contribution in [0.15, 0.2) is 54.6 Å². The van der Waals surface area contributed by atoms with E-state index in [4.69, 9.17) is 11.6 Å². The Bertz CT molecular complexity index is 1460. The van der Waals surface area contributed by atoms with Crippen LogP contribution < -0.4 is 16.0 Å². The van der Waals surface area contributed by atoms with E-state index in [1.807, 2.05) is 41.9 Å². The molecule has 1 saturated heterocycles. The topological polar surface area (TPSA) is 105 Å². The lowest BCUT2D eigenvalue weighted by Gasteiger charge is -2.21. The molecule has 2 aromatic heterocycles. The number of thiophene rings is 1. The molecular formula is C24H20ClN5O3S. The maximum atomic E-state index is 12.9. The molecule has 1 atom stereocenters. The van der Waals surface area contributed by atoms with Gasteiger partial charge in [-0.15, -0.1) is 11.3 Å². The van der Waals surface area contributed by atoms with Crippen LogP contribution in [0.4, 0.5) is 10.5 Å². The number of rotatable bonds is 5. The summed E-state index contributed by atoms with van der Waals surface area (Å²) in [5, 5.41) is 14.0. The number of carbonyl (C=O) groups is 3. The summed E-state index contributed by atoms with van der Waals surface area (Å²) in [6.45, 7) is 4.05. The lowest BCUT2D eigenvalue weighted by atomic mass is 9.92. The van der Waals surface area contributed by atoms with Crippen molar-refractivity contribution in [3.8, 4) is 0 Å². The highest BCUT2D eigenvalue weighted by molar-refractivity contribution is 7.20. The minimum absolute atomic E-state index is 0.240. The highest BCUT2D eigenvalue weighted by Crippen LogP contribution is 2.31. The highest BCUT2D eigenvalue weighted by Gasteiger charge is 2.43. The number of urea groups is 1. The van der Waals surface area contributed by atoms with E-state index in [0.29, 0.717) is 27.7 Å². The van der Waals surface area contributed by atoms with Gasteiger partial charge in [0.15, 0.2) is 0 Å². The second kappa shape index (κ2) is 8.27. The van der Waals surface area contributed by atoms with E-state index in [9.17, 15) is 14.4 Å². The first-order valence-electron chi connectivity index (χ1n) is 10.5. The van der Waals surface area contributed by atoms with Crippen LogP contribution >= 0.6 is 22.9 Å². The Labute approximate surface area is 203 Å². The van der Waals surface area contributed by atoms with Crippen molar-refractivity contribution in [3.63, 3.8) is 0 Å². The number of hydrogen-bond donors (Lipinski definition) is 3. The molecule has 0 aliphatic carbocycles. The van der Waals surface area contributed by atoms with Crippen LogP contribution in [0.1, 0.15) is 33.4 Å². The van der Waals surface area contributed by atoms with Crippen LogP contribution in [-0.2, 0) is 16.9 Å². The molecule has 5 rings (SSSR count). The minimum Gasteiger partial charge on any atom is -0.321 e. The quantitative estimate of drug-likeness (QED) is 0.358. The maximum absolute atomic E-state index is 12.9. The standard InChI is InChI=1S/C24H20ClN5O3S/c1-13-17-11-19(34-21(17)30(29-13)12-14-5-3-4-6-18(14)25)20(31)26-16-9-7-15(8-10-16)24(2)22(32)27-23(33)28-24/h3-11H,12H2,1-2H3,(H,26,31)(H2,27,28,32,33). The Kier molecular flexibility index (Phi) is 5.38. The molecule has 4 amide bonds. The molecule has 10 heteroatoms. The third kappa shape index (κ3) is 3.82. The van der Waals surface area contributed by atoms with Crippen molar-refractivity contribution >= 4 is 56.7 Å². The van der Waals surface area contributed by atoms with Crippen molar-refractivity contribution in [1.82, 2.24) is 20.4 Å². The van der Waals surface area contributed by atoms with Crippen LogP contribution in [0.5, 0.6) is 0 Å². The second-order valence-electron chi connectivity index (χ2n) is 8.23. The van der Waals surface area contributed by atoms with Gasteiger partial charge in [-0.3, -0.25) is 19.6 Å². The summed E-state index contributed by atoms with van der Waals surface area (Å²) in [4.78, 5) is 38.0. The van der Waals surface area contributed by atoms with Gasteiger partial charge in [0.05, 0.1) is 17.1 Å². The van der Waals surface area contributed by atoms with Gasteiger partial charge in [-0.1, -0.05) is 41.9 Å². The smallest absolute Gasteiger partial charge is 0.321 e. The highest BCUT2D eigenvalue weighted by atomic mass is 35.5. The first kappa shape index (κ1) is 22.1. The number of fused-ring (bicyclic) bond motifs is 1. The largest absolute Gasteiger partial charge is 0.322 e. The molecule has 2 aromatic carbocycles. The predicted octanol–water partition coefficient (Wildman–Crippen LogP) is 4.41. The van der Waals surface area contributed by atoms with E-state index in [1.54, 1.807) is 31.2 Å². The first-order valence-corrected chi connectivity index (χ1v) is 11.7. The van der Waals surface area contributed by atoms with Crippen molar-refractivity contribution in [2.24, 2.45) is 0 Å². The third-order valence-corrected chi connectivity index (χ3v) is 7.39. The fourth-order valence-corrected chi connectivity index (χ4v) is 5.20. The predicted molar refractivity (Wildman–Crippen MR) is 131 cm³/mol. The Morgan fingerprint density at radius 2 is 1.91 bits per heavy atom. The van der Waals surface area contributed by atoms with E-state index >= 15 is 0 Å². The van der Waals surface area contributed by atoms with Gasteiger partial charge in [-0.05, 0) is 49.2 Å². The van der Waals surface area contributed by atoms with E-state index in [-0.39, 0.29) is 5.91 Å². The van der Waals surface area contributed by atoms with Gasteiger partial charge in [0.1, 0.15) is 10.4 Å². The normalized spacial score (nSPS) is 17.6. The zero-order valence-corrected chi connectivity index (χ0v) is 19.9. The summed E-state index contributed by atoms with van der Waals surface area (Å²) < 4.78 is 1.86. The van der Waals surface area contributed by atoms with Crippen molar-refractivity contribution in [1.29, 1.82) is 0 Å². The molecule has 172 valence electrons. The van der Waals surface area contributed by atoms with Crippen molar-refractivity contribution in [3.05, 3.63) is 81.3 Å². The summed E-state index contributed by atoms with van der Waals surface area (Å²) in [5.41, 5.74) is 1.84. The summed E-state index contributed by atoms with van der Waals surface area (Å²) in [6, 6.07) is 15.7. The summed E-state index contributed by atoms with van der Waals surface area (Å²) in [7, 11) is 0. The molecule has 1 unspecified atom stereocenters. The number of nitrogens with zero attached hydrogens (tertiary/aromatic N) is 2. The van der Waals surface area contributed by atoms with Crippen LogP contribution in [0.3, 0.4) is 0 Å². The molecular weight excluding hydrogens is 474 g/mol. The van der Waals surface area contributed by atoms with Crippen molar-refractivity contribution in [2.75, 3.05) is 5.32 Å². The Morgan fingerprint density at radius 3 is 2.59 bits per heavy atom. The van der Waals surface area contributed by atoms with Gasteiger partial charge in [-0.2, -0.15) is 5.10 Å². The number of halogens is 1. The molecule has 8 nitrogen and oxygen atoms in total. The number of hydrogen-bond acceptors (Lipinski definition) is 5. The number of nitrogens with one attached hydrogen (secondary N) is 3. The number of aromatic nitrogens is 2. The van der Waals surface area contributed by atoms with Gasteiger partial charge >= 0.3 is 6.03 Å². The molecule has 0 spiro atoms. The van der Waals surface area contributed by atoms with Crippen molar-refractivity contribution in [2.45, 2.75) is 25.9 Å². The van der Waals surface area contributed by atoms with Crippen LogP contribution in [-0.4, -0.2) is 27.6 Å². The number of aryl methyl sites for hydroxylation is 1. The molecule has 1 fully saturated rings. The minimum atomic E-state index is -1.14. The maximum Gasteiger partial charge on any atom is 0.322 e. The van der Waals surface area contributed by atoms with Crippen LogP contribution in [0, 0.1) is 6.92 Å². The van der Waals surface area contributed by atoms with Gasteiger partial charge in [0, 0.05) is 16.1 Å². The second-order valence-corrected chi connectivity index (χ2v) is 9.67. The van der Waals surface area contributed by atoms with E-state index in [0.717, 1.165) is 21.5 Å². The third-order valence-electron chi connectivity index (χ3n) is 5.87. The Morgan fingerprint density at radius 1 is 1.18 bits per heavy atom. The lowest BCUT2D eigenvalue weighted by molar-refractivity contribution is -0.123. The van der Waals surface area contributed by atoms with E-state index in [2.05, 4.69) is 21.0 Å². The zero-order chi connectivity index (χ0) is 24.0. The van der Waals surface area contributed by atoms with E-state index in [1.165, 1.54) is 11.3 Å². The Balaban J connectivity index is 1.35. The molecule has 1 aliphatic heterocycles. The number of amides is 4.